The molecule has 0 saturated heterocycles. The summed E-state index contributed by atoms with van der Waals surface area (Å²) in [6.45, 7) is 3.75. The van der Waals surface area contributed by atoms with Crippen molar-refractivity contribution in [3.8, 4) is 5.75 Å². The second kappa shape index (κ2) is 5.26. The summed E-state index contributed by atoms with van der Waals surface area (Å²) in [6, 6.07) is 7.40. The van der Waals surface area contributed by atoms with Gasteiger partial charge in [0.05, 0.1) is 18.5 Å². The van der Waals surface area contributed by atoms with E-state index < -0.39 is 11.9 Å². The van der Waals surface area contributed by atoms with Gasteiger partial charge in [0.15, 0.2) is 0 Å². The van der Waals surface area contributed by atoms with Crippen LogP contribution in [0.2, 0.25) is 0 Å². The summed E-state index contributed by atoms with van der Waals surface area (Å²) in [5.74, 6) is -0.617. The van der Waals surface area contributed by atoms with Crippen LogP contribution in [0, 0.1) is 6.92 Å². The Bertz CT molecular complexity index is 622. The van der Waals surface area contributed by atoms with Crippen molar-refractivity contribution in [2.24, 2.45) is 0 Å². The highest BCUT2D eigenvalue weighted by atomic mass is 16.5. The number of aromatic nitrogens is 1. The highest BCUT2D eigenvalue weighted by molar-refractivity contribution is 5.89. The molecule has 1 unspecified atom stereocenters. The number of carboxylic acid groups (broad SMARTS) is 1. The standard InChI is InChI=1S/C15H17NO3/c1-4-11(15(17)18)12-7-9(2)16-14-6-5-10(19-3)8-13(12)14/h5-8,11H,4H2,1-3H3,(H,17,18). The third kappa shape index (κ3) is 2.52. The van der Waals surface area contributed by atoms with Crippen LogP contribution in [0.25, 0.3) is 10.9 Å². The summed E-state index contributed by atoms with van der Waals surface area (Å²) in [5, 5.41) is 10.2. The summed E-state index contributed by atoms with van der Waals surface area (Å²) in [7, 11) is 1.59. The van der Waals surface area contributed by atoms with E-state index in [0.717, 1.165) is 22.2 Å². The minimum Gasteiger partial charge on any atom is -0.497 e. The molecule has 2 rings (SSSR count). The van der Waals surface area contributed by atoms with E-state index >= 15 is 0 Å². The molecule has 2 aromatic rings. The van der Waals surface area contributed by atoms with E-state index in [0.29, 0.717) is 12.2 Å². The number of pyridine rings is 1. The van der Waals surface area contributed by atoms with E-state index in [2.05, 4.69) is 4.98 Å². The number of fused-ring (bicyclic) bond motifs is 1. The van der Waals surface area contributed by atoms with Gasteiger partial charge in [-0.05, 0) is 43.2 Å². The number of aryl methyl sites for hydroxylation is 1. The lowest BCUT2D eigenvalue weighted by Gasteiger charge is -2.14. The number of carboxylic acids is 1. The molecule has 1 aromatic carbocycles. The fourth-order valence-electron chi connectivity index (χ4n) is 2.31. The van der Waals surface area contributed by atoms with Gasteiger partial charge >= 0.3 is 5.97 Å². The van der Waals surface area contributed by atoms with E-state index in [1.807, 2.05) is 38.1 Å². The third-order valence-corrected chi connectivity index (χ3v) is 3.26. The van der Waals surface area contributed by atoms with Gasteiger partial charge in [-0.3, -0.25) is 9.78 Å². The van der Waals surface area contributed by atoms with Crippen LogP contribution in [0.4, 0.5) is 0 Å². The predicted octanol–water partition coefficient (Wildman–Crippen LogP) is 3.13. The lowest BCUT2D eigenvalue weighted by molar-refractivity contribution is -0.138. The van der Waals surface area contributed by atoms with Crippen LogP contribution in [0.5, 0.6) is 5.75 Å². The number of rotatable bonds is 4. The van der Waals surface area contributed by atoms with Crippen molar-refractivity contribution in [1.29, 1.82) is 0 Å². The lowest BCUT2D eigenvalue weighted by Crippen LogP contribution is -2.11. The van der Waals surface area contributed by atoms with Crippen LogP contribution in [-0.4, -0.2) is 23.2 Å². The molecule has 4 nitrogen and oxygen atoms in total. The first-order chi connectivity index (χ1) is 9.06. The predicted molar refractivity (Wildman–Crippen MR) is 73.7 cm³/mol. The molecule has 0 spiro atoms. The monoisotopic (exact) mass is 259 g/mol. The maximum absolute atomic E-state index is 11.4. The molecule has 1 heterocycles. The first-order valence-corrected chi connectivity index (χ1v) is 6.25. The summed E-state index contributed by atoms with van der Waals surface area (Å²) >= 11 is 0. The van der Waals surface area contributed by atoms with Crippen LogP contribution in [0.1, 0.15) is 30.5 Å². The van der Waals surface area contributed by atoms with Gasteiger partial charge in [-0.25, -0.2) is 0 Å². The molecule has 0 amide bonds. The van der Waals surface area contributed by atoms with E-state index in [-0.39, 0.29) is 0 Å². The molecule has 1 N–H and O–H groups in total. The minimum atomic E-state index is -0.808. The average Bonchev–Trinajstić information content (AvgIpc) is 2.38. The van der Waals surface area contributed by atoms with Crippen molar-refractivity contribution in [2.75, 3.05) is 7.11 Å². The number of hydrogen-bond donors (Lipinski definition) is 1. The van der Waals surface area contributed by atoms with Crippen molar-refractivity contribution in [2.45, 2.75) is 26.2 Å². The van der Waals surface area contributed by atoms with Crippen molar-refractivity contribution in [3.63, 3.8) is 0 Å². The number of hydrogen-bond acceptors (Lipinski definition) is 3. The lowest BCUT2D eigenvalue weighted by atomic mass is 9.92. The zero-order valence-corrected chi connectivity index (χ0v) is 11.3. The van der Waals surface area contributed by atoms with E-state index in [1.165, 1.54) is 0 Å². The van der Waals surface area contributed by atoms with Crippen LogP contribution < -0.4 is 4.74 Å². The summed E-state index contributed by atoms with van der Waals surface area (Å²) in [6.07, 6.45) is 0.547. The molecular formula is C15H17NO3. The smallest absolute Gasteiger partial charge is 0.310 e. The molecule has 1 atom stereocenters. The first-order valence-electron chi connectivity index (χ1n) is 6.25. The Labute approximate surface area is 112 Å². The second-order valence-corrected chi connectivity index (χ2v) is 4.54. The molecule has 0 radical (unpaired) electrons. The molecule has 0 aliphatic carbocycles. The van der Waals surface area contributed by atoms with Gasteiger partial charge < -0.3 is 9.84 Å². The summed E-state index contributed by atoms with van der Waals surface area (Å²) in [4.78, 5) is 15.8. The quantitative estimate of drug-likeness (QED) is 0.916. The second-order valence-electron chi connectivity index (χ2n) is 4.54. The van der Waals surface area contributed by atoms with Gasteiger partial charge in [0, 0.05) is 11.1 Å². The highest BCUT2D eigenvalue weighted by Gasteiger charge is 2.21. The average molecular weight is 259 g/mol. The van der Waals surface area contributed by atoms with Gasteiger partial charge in [-0.2, -0.15) is 0 Å². The fraction of sp³-hybridized carbons (Fsp3) is 0.333. The van der Waals surface area contributed by atoms with E-state index in [1.54, 1.807) is 7.11 Å². The van der Waals surface area contributed by atoms with Gasteiger partial charge in [-0.15, -0.1) is 0 Å². The summed E-state index contributed by atoms with van der Waals surface area (Å²) < 4.78 is 5.21. The Kier molecular flexibility index (Phi) is 3.69. The maximum atomic E-state index is 11.4. The number of benzene rings is 1. The molecular weight excluding hydrogens is 242 g/mol. The zero-order chi connectivity index (χ0) is 14.0. The number of aliphatic carboxylic acids is 1. The van der Waals surface area contributed by atoms with Crippen LogP contribution in [-0.2, 0) is 4.79 Å². The number of ether oxygens (including phenoxy) is 1. The SMILES string of the molecule is CCC(C(=O)O)c1cc(C)nc2ccc(OC)cc12. The molecule has 0 saturated carbocycles. The Balaban J connectivity index is 2.72. The van der Waals surface area contributed by atoms with E-state index in [9.17, 15) is 9.90 Å². The van der Waals surface area contributed by atoms with Gasteiger partial charge in [0.25, 0.3) is 0 Å². The molecule has 19 heavy (non-hydrogen) atoms. The van der Waals surface area contributed by atoms with Crippen LogP contribution in [0.15, 0.2) is 24.3 Å². The van der Waals surface area contributed by atoms with Crippen molar-refractivity contribution in [1.82, 2.24) is 4.98 Å². The number of carbonyl (C=O) groups is 1. The Morgan fingerprint density at radius 2 is 2.16 bits per heavy atom. The number of methoxy groups -OCH3 is 1. The molecule has 0 aliphatic rings. The molecule has 0 fully saturated rings. The summed E-state index contributed by atoms with van der Waals surface area (Å²) in [5.41, 5.74) is 2.43. The van der Waals surface area contributed by atoms with Crippen molar-refractivity contribution in [3.05, 3.63) is 35.5 Å². The molecule has 1 aromatic heterocycles. The molecule has 0 bridgehead atoms. The Morgan fingerprint density at radius 1 is 1.42 bits per heavy atom. The van der Waals surface area contributed by atoms with Gasteiger partial charge in [0.2, 0.25) is 0 Å². The van der Waals surface area contributed by atoms with Crippen molar-refractivity contribution < 1.29 is 14.6 Å². The number of nitrogens with zero attached hydrogens (tertiary/aromatic N) is 1. The van der Waals surface area contributed by atoms with Crippen LogP contribution in [0.3, 0.4) is 0 Å². The molecule has 0 aliphatic heterocycles. The molecule has 100 valence electrons. The molecule has 4 heteroatoms. The van der Waals surface area contributed by atoms with Gasteiger partial charge in [0.1, 0.15) is 5.75 Å². The van der Waals surface area contributed by atoms with E-state index in [4.69, 9.17) is 4.74 Å². The van der Waals surface area contributed by atoms with Crippen molar-refractivity contribution >= 4 is 16.9 Å². The zero-order valence-electron chi connectivity index (χ0n) is 11.3. The highest BCUT2D eigenvalue weighted by Crippen LogP contribution is 2.30. The Hall–Kier alpha value is -2.10. The fourth-order valence-corrected chi connectivity index (χ4v) is 2.31. The van der Waals surface area contributed by atoms with Crippen LogP contribution >= 0.6 is 0 Å². The third-order valence-electron chi connectivity index (χ3n) is 3.26. The normalized spacial score (nSPS) is 12.4. The minimum absolute atomic E-state index is 0.517. The maximum Gasteiger partial charge on any atom is 0.310 e. The largest absolute Gasteiger partial charge is 0.497 e. The van der Waals surface area contributed by atoms with Gasteiger partial charge in [-0.1, -0.05) is 6.92 Å². The Morgan fingerprint density at radius 3 is 2.74 bits per heavy atom. The first kappa shape index (κ1) is 13.3. The topological polar surface area (TPSA) is 59.4 Å².